The summed E-state index contributed by atoms with van der Waals surface area (Å²) in [6, 6.07) is 98.6. The van der Waals surface area contributed by atoms with E-state index in [1.54, 1.807) is 0 Å². The first-order valence-electron chi connectivity index (χ1n) is 25.4. The number of rotatable bonds is 8. The van der Waals surface area contributed by atoms with Crippen LogP contribution >= 0.6 is 0 Å². The molecule has 73 heavy (non-hydrogen) atoms. The molecule has 11 aromatic carbocycles. The van der Waals surface area contributed by atoms with E-state index in [2.05, 4.69) is 295 Å². The van der Waals surface area contributed by atoms with Crippen molar-refractivity contribution in [2.75, 3.05) is 14.6 Å². The van der Waals surface area contributed by atoms with Gasteiger partial charge in [0.2, 0.25) is 0 Å². The second kappa shape index (κ2) is 17.0. The lowest BCUT2D eigenvalue weighted by Crippen LogP contribution is -2.62. The van der Waals surface area contributed by atoms with Crippen molar-refractivity contribution >= 4 is 63.3 Å². The molecule has 11 aromatic rings. The predicted molar refractivity (Wildman–Crippen MR) is 309 cm³/mol. The Morgan fingerprint density at radius 1 is 0.342 bits per heavy atom. The van der Waals surface area contributed by atoms with Crippen molar-refractivity contribution in [3.05, 3.63) is 278 Å². The van der Waals surface area contributed by atoms with Gasteiger partial charge in [0.25, 0.3) is 0 Å². The molecule has 344 valence electrons. The van der Waals surface area contributed by atoms with Gasteiger partial charge in [0.05, 0.1) is 5.69 Å². The van der Waals surface area contributed by atoms with Crippen molar-refractivity contribution in [1.82, 2.24) is 0 Å². The van der Waals surface area contributed by atoms with Crippen LogP contribution in [-0.4, -0.2) is 6.85 Å². The van der Waals surface area contributed by atoms with E-state index in [1.807, 2.05) is 0 Å². The van der Waals surface area contributed by atoms with Crippen LogP contribution in [0.4, 0.5) is 45.5 Å². The molecule has 0 radical (unpaired) electrons. The molecule has 0 amide bonds. The fourth-order valence-electron chi connectivity index (χ4n) is 12.1. The molecule has 3 heterocycles. The zero-order valence-corrected chi connectivity index (χ0v) is 40.8. The molecule has 3 aliphatic heterocycles. The second-order valence-corrected chi connectivity index (χ2v) is 20.1. The number of nitrogens with zero attached hydrogens (tertiary/aromatic N) is 3. The summed E-state index contributed by atoms with van der Waals surface area (Å²) in [4.78, 5) is 7.68. The number of hydrogen-bond donors (Lipinski definition) is 0. The minimum absolute atomic E-state index is 0.142. The number of hydrogen-bond acceptors (Lipinski definition) is 3. The van der Waals surface area contributed by atoms with Crippen LogP contribution in [0.2, 0.25) is 0 Å². The minimum Gasteiger partial charge on any atom is -0.376 e. The third-order valence-electron chi connectivity index (χ3n) is 15.6. The van der Waals surface area contributed by atoms with Gasteiger partial charge in [0.15, 0.2) is 0 Å². The third kappa shape index (κ3) is 6.97. The summed E-state index contributed by atoms with van der Waals surface area (Å²) in [5, 5.41) is 0. The molecule has 3 nitrogen and oxygen atoms in total. The Bertz CT molecular complexity index is 3770. The number of anilines is 8. The van der Waals surface area contributed by atoms with Gasteiger partial charge in [-0.2, -0.15) is 0 Å². The predicted octanol–water partition coefficient (Wildman–Crippen LogP) is 17.2. The van der Waals surface area contributed by atoms with Gasteiger partial charge in [0.1, 0.15) is 0 Å². The maximum absolute atomic E-state index is 2.65. The van der Waals surface area contributed by atoms with Crippen molar-refractivity contribution in [1.29, 1.82) is 0 Å². The van der Waals surface area contributed by atoms with Crippen LogP contribution in [0.25, 0.3) is 55.6 Å². The summed E-state index contributed by atoms with van der Waals surface area (Å²) in [5.74, 6) is 0. The van der Waals surface area contributed by atoms with E-state index in [0.717, 1.165) is 28.4 Å². The molecule has 0 aliphatic carbocycles. The summed E-state index contributed by atoms with van der Waals surface area (Å²) >= 11 is 0. The smallest absolute Gasteiger partial charge is 0.333 e. The van der Waals surface area contributed by atoms with Crippen molar-refractivity contribution < 1.29 is 0 Å². The van der Waals surface area contributed by atoms with Gasteiger partial charge in [-0.3, -0.25) is 0 Å². The zero-order chi connectivity index (χ0) is 48.6. The first-order chi connectivity index (χ1) is 36.0. The molecule has 0 saturated heterocycles. The topological polar surface area (TPSA) is 9.72 Å². The zero-order valence-electron chi connectivity index (χ0n) is 40.8. The highest BCUT2D eigenvalue weighted by molar-refractivity contribution is 6.93. The molecule has 14 rings (SSSR count). The quantitative estimate of drug-likeness (QED) is 0.141. The lowest BCUT2D eigenvalue weighted by Gasteiger charge is -2.50. The second-order valence-electron chi connectivity index (χ2n) is 20.1. The molecule has 0 spiro atoms. The highest BCUT2D eigenvalue weighted by Gasteiger charge is 2.49. The first kappa shape index (κ1) is 42.7. The van der Waals surface area contributed by atoms with Crippen molar-refractivity contribution in [3.63, 3.8) is 0 Å². The van der Waals surface area contributed by atoms with Crippen molar-refractivity contribution in [2.24, 2.45) is 0 Å². The summed E-state index contributed by atoms with van der Waals surface area (Å²) in [6.07, 6.45) is 0. The van der Waals surface area contributed by atoms with Crippen LogP contribution in [0.5, 0.6) is 0 Å². The summed E-state index contributed by atoms with van der Waals surface area (Å²) < 4.78 is 0. The van der Waals surface area contributed by atoms with E-state index < -0.39 is 0 Å². The number of fused-ring (bicyclic) bond motifs is 6. The average molecular weight is 932 g/mol. The molecule has 0 fully saturated rings. The molecule has 0 saturated carbocycles. The molecule has 0 N–H and O–H groups in total. The molecular formula is C69H50BN3. The van der Waals surface area contributed by atoms with Crippen LogP contribution in [0, 0.1) is 0 Å². The van der Waals surface area contributed by atoms with E-state index in [-0.39, 0.29) is 12.3 Å². The van der Waals surface area contributed by atoms with E-state index in [0.29, 0.717) is 0 Å². The molecule has 3 aliphatic rings. The molecule has 0 aromatic heterocycles. The van der Waals surface area contributed by atoms with Gasteiger partial charge in [-0.05, 0) is 139 Å². The van der Waals surface area contributed by atoms with Gasteiger partial charge in [-0.15, -0.1) is 0 Å². The normalized spacial score (nSPS) is 13.4. The van der Waals surface area contributed by atoms with Crippen molar-refractivity contribution in [2.45, 2.75) is 19.3 Å². The Morgan fingerprint density at radius 3 is 1.37 bits per heavy atom. The van der Waals surface area contributed by atoms with Crippen LogP contribution in [-0.2, 0) is 5.41 Å². The largest absolute Gasteiger partial charge is 0.376 e. The van der Waals surface area contributed by atoms with Gasteiger partial charge in [-0.1, -0.05) is 214 Å². The molecule has 4 heteroatoms. The van der Waals surface area contributed by atoms with E-state index in [1.165, 1.54) is 94.7 Å². The Kier molecular flexibility index (Phi) is 9.98. The maximum atomic E-state index is 2.65. The first-order valence-corrected chi connectivity index (χ1v) is 25.4. The Hall–Kier alpha value is -9.12. The van der Waals surface area contributed by atoms with E-state index in [4.69, 9.17) is 0 Å². The summed E-state index contributed by atoms with van der Waals surface area (Å²) in [6.45, 7) is 4.66. The summed E-state index contributed by atoms with van der Waals surface area (Å²) in [7, 11) is 0. The fraction of sp³-hybridized carbons (Fsp3) is 0.0435. The van der Waals surface area contributed by atoms with E-state index in [9.17, 15) is 0 Å². The number of para-hydroxylation sites is 2. The standard InChI is InChI=1S/C69H50BN3/c1-69(2)61-26-15-16-29-64(61)72-66-45-54(50-24-13-6-14-25-50)44-60-59-43-42-58(71(55-36-30-51(31-37-55)47-18-7-3-8-19-47)56-38-32-52(33-39-56)48-20-9-4-10-21-48)46-65(59)73(70(67(60)66)63-28-17-27-62(69)68(63)72)57-40-34-53(35-41-57)49-22-11-5-12-23-49/h3-46H,1-2H3. The Morgan fingerprint density at radius 2 is 0.808 bits per heavy atom. The SMILES string of the molecule is CC1(C)c2ccccc2N2c3cc(-c4ccccc4)cc4c3B(c3cccc1c32)N(c1ccc(-c2ccccc2)cc1)c1cc(N(c2ccc(-c3ccccc3)cc2)c2ccc(-c3ccccc3)cc2)ccc1-4. The van der Waals surface area contributed by atoms with Gasteiger partial charge < -0.3 is 14.6 Å². The molecule has 0 atom stereocenters. The minimum atomic E-state index is -0.232. The van der Waals surface area contributed by atoms with Gasteiger partial charge >= 0.3 is 6.85 Å². The highest BCUT2D eigenvalue weighted by atomic mass is 15.2. The molecular weight excluding hydrogens is 882 g/mol. The van der Waals surface area contributed by atoms with Gasteiger partial charge in [-0.25, -0.2) is 0 Å². The lowest BCUT2D eigenvalue weighted by atomic mass is 9.42. The fourth-order valence-corrected chi connectivity index (χ4v) is 12.1. The van der Waals surface area contributed by atoms with E-state index >= 15 is 0 Å². The Labute approximate surface area is 428 Å². The summed E-state index contributed by atoms with van der Waals surface area (Å²) in [5.41, 5.74) is 26.4. The average Bonchev–Trinajstić information content (AvgIpc) is 3.46. The molecule has 0 bridgehead atoms. The van der Waals surface area contributed by atoms with Crippen LogP contribution < -0.4 is 25.5 Å². The lowest BCUT2D eigenvalue weighted by molar-refractivity contribution is 0.632. The van der Waals surface area contributed by atoms with Crippen LogP contribution in [0.1, 0.15) is 25.0 Å². The van der Waals surface area contributed by atoms with Crippen molar-refractivity contribution in [3.8, 4) is 55.6 Å². The van der Waals surface area contributed by atoms with Crippen LogP contribution in [0.3, 0.4) is 0 Å². The highest BCUT2D eigenvalue weighted by Crippen LogP contribution is 2.56. The monoisotopic (exact) mass is 931 g/mol. The molecule has 0 unspecified atom stereocenters. The maximum Gasteiger partial charge on any atom is 0.333 e. The third-order valence-corrected chi connectivity index (χ3v) is 15.6. The number of benzene rings is 11. The Balaban J connectivity index is 1.03. The van der Waals surface area contributed by atoms with Crippen LogP contribution in [0.15, 0.2) is 267 Å². The van der Waals surface area contributed by atoms with Gasteiger partial charge in [0, 0.05) is 50.8 Å².